The van der Waals surface area contributed by atoms with Gasteiger partial charge >= 0.3 is 5.97 Å². The predicted octanol–water partition coefficient (Wildman–Crippen LogP) is 2.70. The van der Waals surface area contributed by atoms with Crippen LogP contribution in [0.4, 0.5) is 4.39 Å². The number of hydrogen-bond acceptors (Lipinski definition) is 4. The Balaban J connectivity index is 1.91. The van der Waals surface area contributed by atoms with Gasteiger partial charge < -0.3 is 9.63 Å². The van der Waals surface area contributed by atoms with Crippen LogP contribution in [0.25, 0.3) is 11.4 Å². The minimum Gasteiger partial charge on any atom is -0.481 e. The SMILES string of the molecule is CC1(C)C(C(=O)O)C1c1nc(-c2cccc(F)c2)no1. The van der Waals surface area contributed by atoms with Gasteiger partial charge in [0.25, 0.3) is 0 Å². The molecule has 0 aliphatic heterocycles. The summed E-state index contributed by atoms with van der Waals surface area (Å²) >= 11 is 0. The highest BCUT2D eigenvalue weighted by molar-refractivity contribution is 5.77. The molecule has 1 aliphatic rings. The van der Waals surface area contributed by atoms with Crippen LogP contribution in [-0.4, -0.2) is 21.2 Å². The van der Waals surface area contributed by atoms with Gasteiger partial charge in [-0.2, -0.15) is 4.98 Å². The Labute approximate surface area is 114 Å². The van der Waals surface area contributed by atoms with Crippen LogP contribution < -0.4 is 0 Å². The van der Waals surface area contributed by atoms with E-state index < -0.39 is 17.3 Å². The van der Waals surface area contributed by atoms with E-state index in [0.29, 0.717) is 11.5 Å². The van der Waals surface area contributed by atoms with Gasteiger partial charge in [0.2, 0.25) is 11.7 Å². The molecular formula is C14H13FN2O3. The quantitative estimate of drug-likeness (QED) is 0.932. The van der Waals surface area contributed by atoms with Gasteiger partial charge in [-0.05, 0) is 17.5 Å². The Hall–Kier alpha value is -2.24. The van der Waals surface area contributed by atoms with Crippen LogP contribution in [0.2, 0.25) is 0 Å². The topological polar surface area (TPSA) is 76.2 Å². The van der Waals surface area contributed by atoms with Crippen LogP contribution >= 0.6 is 0 Å². The van der Waals surface area contributed by atoms with Crippen LogP contribution in [0, 0.1) is 17.2 Å². The molecule has 104 valence electrons. The Bertz CT molecular complexity index is 681. The molecule has 20 heavy (non-hydrogen) atoms. The monoisotopic (exact) mass is 276 g/mol. The first kappa shape index (κ1) is 12.8. The molecule has 1 aliphatic carbocycles. The lowest BCUT2D eigenvalue weighted by molar-refractivity contribution is -0.139. The highest BCUT2D eigenvalue weighted by Crippen LogP contribution is 2.64. The van der Waals surface area contributed by atoms with Crippen molar-refractivity contribution in [3.63, 3.8) is 0 Å². The number of benzene rings is 1. The van der Waals surface area contributed by atoms with E-state index in [9.17, 15) is 9.18 Å². The standard InChI is InChI=1S/C14H13FN2O3/c1-14(2)9(10(14)13(18)19)12-16-11(17-20-12)7-4-3-5-8(15)6-7/h3-6,9-10H,1-2H3,(H,18,19). The molecule has 0 saturated heterocycles. The normalized spacial score (nSPS) is 23.6. The smallest absolute Gasteiger partial charge is 0.307 e. The highest BCUT2D eigenvalue weighted by Gasteiger charge is 2.65. The zero-order valence-electron chi connectivity index (χ0n) is 11.0. The van der Waals surface area contributed by atoms with Crippen molar-refractivity contribution in [1.29, 1.82) is 0 Å². The van der Waals surface area contributed by atoms with E-state index in [1.54, 1.807) is 12.1 Å². The molecule has 3 rings (SSSR count). The van der Waals surface area contributed by atoms with E-state index in [1.807, 2.05) is 13.8 Å². The fraction of sp³-hybridized carbons (Fsp3) is 0.357. The van der Waals surface area contributed by atoms with Crippen LogP contribution in [0.15, 0.2) is 28.8 Å². The Morgan fingerprint density at radius 3 is 2.80 bits per heavy atom. The van der Waals surface area contributed by atoms with E-state index in [-0.39, 0.29) is 17.6 Å². The molecule has 1 heterocycles. The minimum atomic E-state index is -0.870. The fourth-order valence-electron chi connectivity index (χ4n) is 2.67. The number of carbonyl (C=O) groups is 1. The second kappa shape index (κ2) is 4.13. The van der Waals surface area contributed by atoms with Gasteiger partial charge in [0.1, 0.15) is 5.82 Å². The summed E-state index contributed by atoms with van der Waals surface area (Å²) in [6.07, 6.45) is 0. The van der Waals surface area contributed by atoms with Crippen molar-refractivity contribution in [2.45, 2.75) is 19.8 Å². The number of aromatic nitrogens is 2. The second-order valence-electron chi connectivity index (χ2n) is 5.58. The summed E-state index contributed by atoms with van der Waals surface area (Å²) in [6.45, 7) is 3.70. The predicted molar refractivity (Wildman–Crippen MR) is 67.3 cm³/mol. The van der Waals surface area contributed by atoms with Gasteiger partial charge in [0.15, 0.2) is 0 Å². The Morgan fingerprint density at radius 2 is 2.20 bits per heavy atom. The van der Waals surface area contributed by atoms with Crippen LogP contribution in [0.5, 0.6) is 0 Å². The van der Waals surface area contributed by atoms with Crippen molar-refractivity contribution >= 4 is 5.97 Å². The zero-order chi connectivity index (χ0) is 14.5. The molecule has 1 aromatic carbocycles. The summed E-state index contributed by atoms with van der Waals surface area (Å²) in [4.78, 5) is 15.3. The van der Waals surface area contributed by atoms with Crippen LogP contribution in [-0.2, 0) is 4.79 Å². The third kappa shape index (κ3) is 1.88. The summed E-state index contributed by atoms with van der Waals surface area (Å²) in [5, 5.41) is 12.9. The number of aliphatic carboxylic acids is 1. The van der Waals surface area contributed by atoms with E-state index >= 15 is 0 Å². The maximum atomic E-state index is 13.2. The number of rotatable bonds is 3. The lowest BCUT2D eigenvalue weighted by Gasteiger charge is -1.96. The van der Waals surface area contributed by atoms with Crippen molar-refractivity contribution in [2.75, 3.05) is 0 Å². The van der Waals surface area contributed by atoms with Gasteiger partial charge in [-0.3, -0.25) is 4.79 Å². The summed E-state index contributed by atoms with van der Waals surface area (Å²) < 4.78 is 18.3. The highest BCUT2D eigenvalue weighted by atomic mass is 19.1. The molecule has 0 spiro atoms. The molecule has 1 saturated carbocycles. The molecule has 5 nitrogen and oxygen atoms in total. The number of carboxylic acids is 1. The van der Waals surface area contributed by atoms with Gasteiger partial charge in [-0.25, -0.2) is 4.39 Å². The van der Waals surface area contributed by atoms with E-state index in [2.05, 4.69) is 10.1 Å². The van der Waals surface area contributed by atoms with Crippen molar-refractivity contribution in [3.05, 3.63) is 36.0 Å². The van der Waals surface area contributed by atoms with E-state index in [4.69, 9.17) is 9.63 Å². The molecule has 1 fully saturated rings. The maximum Gasteiger partial charge on any atom is 0.307 e. The second-order valence-corrected chi connectivity index (χ2v) is 5.58. The number of halogens is 1. The fourth-order valence-corrected chi connectivity index (χ4v) is 2.67. The molecule has 6 heteroatoms. The van der Waals surface area contributed by atoms with Crippen molar-refractivity contribution in [1.82, 2.24) is 10.1 Å². The molecule has 0 bridgehead atoms. The minimum absolute atomic E-state index is 0.270. The van der Waals surface area contributed by atoms with E-state index in [1.165, 1.54) is 12.1 Å². The van der Waals surface area contributed by atoms with Gasteiger partial charge in [0, 0.05) is 5.56 Å². The molecule has 2 atom stereocenters. The van der Waals surface area contributed by atoms with Crippen molar-refractivity contribution < 1.29 is 18.8 Å². The van der Waals surface area contributed by atoms with Crippen LogP contribution in [0.3, 0.4) is 0 Å². The first-order chi connectivity index (χ1) is 9.41. The molecular weight excluding hydrogens is 263 g/mol. The first-order valence-corrected chi connectivity index (χ1v) is 6.23. The summed E-state index contributed by atoms with van der Waals surface area (Å²) in [6, 6.07) is 5.86. The number of nitrogens with zero attached hydrogens (tertiary/aromatic N) is 2. The van der Waals surface area contributed by atoms with Crippen molar-refractivity contribution in [2.24, 2.45) is 11.3 Å². The molecule has 2 unspecified atom stereocenters. The van der Waals surface area contributed by atoms with Crippen molar-refractivity contribution in [3.8, 4) is 11.4 Å². The average molecular weight is 276 g/mol. The van der Waals surface area contributed by atoms with E-state index in [0.717, 1.165) is 0 Å². The summed E-state index contributed by atoms with van der Waals surface area (Å²) in [7, 11) is 0. The average Bonchev–Trinajstić information content (AvgIpc) is 2.73. The first-order valence-electron chi connectivity index (χ1n) is 6.23. The maximum absolute atomic E-state index is 13.2. The third-order valence-electron chi connectivity index (χ3n) is 3.88. The van der Waals surface area contributed by atoms with Gasteiger partial charge in [-0.15, -0.1) is 0 Å². The van der Waals surface area contributed by atoms with Crippen LogP contribution in [0.1, 0.15) is 25.7 Å². The molecule has 2 aromatic rings. The summed E-state index contributed by atoms with van der Waals surface area (Å²) in [5.41, 5.74) is 0.0998. The third-order valence-corrected chi connectivity index (χ3v) is 3.88. The lowest BCUT2D eigenvalue weighted by atomic mass is 10.1. The Kier molecular flexibility index (Phi) is 2.64. The zero-order valence-corrected chi connectivity index (χ0v) is 11.0. The molecule has 0 radical (unpaired) electrons. The molecule has 1 N–H and O–H groups in total. The van der Waals surface area contributed by atoms with Gasteiger partial charge in [-0.1, -0.05) is 31.1 Å². The van der Waals surface area contributed by atoms with Gasteiger partial charge in [0.05, 0.1) is 11.8 Å². The molecule has 0 amide bonds. The lowest BCUT2D eigenvalue weighted by Crippen LogP contribution is -2.03. The Morgan fingerprint density at radius 1 is 1.45 bits per heavy atom. The number of carboxylic acid groups (broad SMARTS) is 1. The molecule has 1 aromatic heterocycles. The number of hydrogen-bond donors (Lipinski definition) is 1. The largest absolute Gasteiger partial charge is 0.481 e. The summed E-state index contributed by atoms with van der Waals surface area (Å²) in [5.74, 6) is -1.51.